The molecule has 0 spiro atoms. The average Bonchev–Trinajstić information content (AvgIpc) is 2.76. The molecule has 1 atom stereocenters. The molecule has 22 heavy (non-hydrogen) atoms. The van der Waals surface area contributed by atoms with Gasteiger partial charge in [-0.2, -0.15) is 0 Å². The summed E-state index contributed by atoms with van der Waals surface area (Å²) in [4.78, 5) is 23.5. The summed E-state index contributed by atoms with van der Waals surface area (Å²) in [6.07, 6.45) is 4.30. The molecule has 6 heteroatoms. The highest BCUT2D eigenvalue weighted by Gasteiger charge is 2.24. The van der Waals surface area contributed by atoms with E-state index in [0.717, 1.165) is 12.0 Å². The molecular formula is C16H23N5O. The van der Waals surface area contributed by atoms with Crippen LogP contribution in [0.3, 0.4) is 0 Å². The summed E-state index contributed by atoms with van der Waals surface area (Å²) in [6.45, 7) is 8.20. The molecule has 0 aromatic carbocycles. The van der Waals surface area contributed by atoms with Crippen LogP contribution in [0.15, 0.2) is 24.5 Å². The second-order valence-electron chi connectivity index (χ2n) is 6.67. The van der Waals surface area contributed by atoms with E-state index < -0.39 is 0 Å². The maximum atomic E-state index is 12.5. The van der Waals surface area contributed by atoms with Gasteiger partial charge in [0.2, 0.25) is 0 Å². The van der Waals surface area contributed by atoms with Gasteiger partial charge in [-0.05, 0) is 30.4 Å². The SMILES string of the molecule is Cc1[nH]c(N)nc1C(=O)NC(CC(C)(C)C)c1cccnc1. The number of anilines is 1. The summed E-state index contributed by atoms with van der Waals surface area (Å²) >= 11 is 0. The highest BCUT2D eigenvalue weighted by molar-refractivity contribution is 5.94. The smallest absolute Gasteiger partial charge is 0.272 e. The lowest BCUT2D eigenvalue weighted by Gasteiger charge is -2.26. The minimum atomic E-state index is -0.233. The zero-order valence-electron chi connectivity index (χ0n) is 13.5. The van der Waals surface area contributed by atoms with Gasteiger partial charge in [-0.3, -0.25) is 9.78 Å². The number of amides is 1. The molecule has 2 rings (SSSR count). The Morgan fingerprint density at radius 1 is 1.45 bits per heavy atom. The largest absolute Gasteiger partial charge is 0.369 e. The number of imidazole rings is 1. The van der Waals surface area contributed by atoms with Crippen molar-refractivity contribution in [3.8, 4) is 0 Å². The Morgan fingerprint density at radius 2 is 2.18 bits per heavy atom. The first-order valence-corrected chi connectivity index (χ1v) is 7.29. The number of pyridine rings is 1. The van der Waals surface area contributed by atoms with Gasteiger partial charge in [0.1, 0.15) is 0 Å². The molecule has 0 aliphatic rings. The van der Waals surface area contributed by atoms with Crippen LogP contribution in [-0.4, -0.2) is 20.9 Å². The number of nitrogen functional groups attached to an aromatic ring is 1. The number of nitrogens with one attached hydrogen (secondary N) is 2. The lowest BCUT2D eigenvalue weighted by atomic mass is 9.86. The maximum absolute atomic E-state index is 12.5. The van der Waals surface area contributed by atoms with Gasteiger partial charge in [-0.1, -0.05) is 26.8 Å². The number of nitrogens with two attached hydrogens (primary N) is 1. The number of H-pyrrole nitrogens is 1. The maximum Gasteiger partial charge on any atom is 0.272 e. The molecule has 2 heterocycles. The van der Waals surface area contributed by atoms with Crippen molar-refractivity contribution in [2.45, 2.75) is 40.2 Å². The molecule has 0 aliphatic carbocycles. The molecule has 0 bridgehead atoms. The molecule has 0 saturated heterocycles. The van der Waals surface area contributed by atoms with E-state index in [2.05, 4.69) is 41.0 Å². The molecule has 0 aliphatic heterocycles. The predicted molar refractivity (Wildman–Crippen MR) is 86.3 cm³/mol. The molecule has 1 unspecified atom stereocenters. The van der Waals surface area contributed by atoms with Crippen molar-refractivity contribution in [1.29, 1.82) is 0 Å². The lowest BCUT2D eigenvalue weighted by Crippen LogP contribution is -2.32. The number of nitrogens with zero attached hydrogens (tertiary/aromatic N) is 2. The molecule has 0 radical (unpaired) electrons. The van der Waals surface area contributed by atoms with E-state index in [1.165, 1.54) is 0 Å². The van der Waals surface area contributed by atoms with Crippen molar-refractivity contribution in [3.63, 3.8) is 0 Å². The lowest BCUT2D eigenvalue weighted by molar-refractivity contribution is 0.0921. The molecule has 0 saturated carbocycles. The first-order chi connectivity index (χ1) is 10.3. The van der Waals surface area contributed by atoms with Gasteiger partial charge in [-0.15, -0.1) is 0 Å². The highest BCUT2D eigenvalue weighted by Crippen LogP contribution is 2.29. The number of aryl methyl sites for hydroxylation is 1. The number of rotatable bonds is 4. The fraction of sp³-hybridized carbons (Fsp3) is 0.438. The van der Waals surface area contributed by atoms with E-state index in [4.69, 9.17) is 5.73 Å². The van der Waals surface area contributed by atoms with Crippen LogP contribution in [0.1, 0.15) is 55.0 Å². The van der Waals surface area contributed by atoms with Crippen LogP contribution in [-0.2, 0) is 0 Å². The minimum Gasteiger partial charge on any atom is -0.369 e. The first kappa shape index (κ1) is 16.0. The number of hydrogen-bond acceptors (Lipinski definition) is 4. The van der Waals surface area contributed by atoms with E-state index in [1.807, 2.05) is 12.1 Å². The average molecular weight is 301 g/mol. The number of hydrogen-bond donors (Lipinski definition) is 3. The topological polar surface area (TPSA) is 96.7 Å². The van der Waals surface area contributed by atoms with Crippen LogP contribution in [0, 0.1) is 12.3 Å². The van der Waals surface area contributed by atoms with Crippen LogP contribution in [0.25, 0.3) is 0 Å². The Kier molecular flexibility index (Phi) is 4.49. The third-order valence-electron chi connectivity index (χ3n) is 3.33. The quantitative estimate of drug-likeness (QED) is 0.808. The number of carbonyl (C=O) groups excluding carboxylic acids is 1. The standard InChI is InChI=1S/C16H23N5O/c1-10-13(21-15(17)19-10)14(22)20-12(8-16(2,3)4)11-6-5-7-18-9-11/h5-7,9,12H,8H2,1-4H3,(H,20,22)(H3,17,19,21). The van der Waals surface area contributed by atoms with Crippen molar-refractivity contribution in [2.24, 2.45) is 5.41 Å². The summed E-state index contributed by atoms with van der Waals surface area (Å²) in [5.41, 5.74) is 7.64. The summed E-state index contributed by atoms with van der Waals surface area (Å²) in [5, 5.41) is 3.04. The van der Waals surface area contributed by atoms with Gasteiger partial charge in [0.15, 0.2) is 11.6 Å². The Labute approximate surface area is 130 Å². The third-order valence-corrected chi connectivity index (χ3v) is 3.33. The zero-order valence-corrected chi connectivity index (χ0v) is 13.5. The zero-order chi connectivity index (χ0) is 16.3. The van der Waals surface area contributed by atoms with E-state index in [-0.39, 0.29) is 23.3 Å². The van der Waals surface area contributed by atoms with Crippen molar-refractivity contribution in [2.75, 3.05) is 5.73 Å². The van der Waals surface area contributed by atoms with Gasteiger partial charge in [0.25, 0.3) is 5.91 Å². The third kappa shape index (κ3) is 4.07. The van der Waals surface area contributed by atoms with Crippen molar-refractivity contribution < 1.29 is 4.79 Å². The normalized spacial score (nSPS) is 12.9. The van der Waals surface area contributed by atoms with Crippen molar-refractivity contribution in [1.82, 2.24) is 20.3 Å². The monoisotopic (exact) mass is 301 g/mol. The summed E-state index contributed by atoms with van der Waals surface area (Å²) in [6, 6.07) is 3.71. The summed E-state index contributed by atoms with van der Waals surface area (Å²) < 4.78 is 0. The van der Waals surface area contributed by atoms with Crippen molar-refractivity contribution >= 4 is 11.9 Å². The minimum absolute atomic E-state index is 0.0629. The van der Waals surface area contributed by atoms with E-state index in [1.54, 1.807) is 19.3 Å². The van der Waals surface area contributed by atoms with Gasteiger partial charge < -0.3 is 16.0 Å². The molecule has 2 aromatic rings. The molecule has 0 fully saturated rings. The fourth-order valence-electron chi connectivity index (χ4n) is 2.38. The highest BCUT2D eigenvalue weighted by atomic mass is 16.2. The molecule has 2 aromatic heterocycles. The van der Waals surface area contributed by atoms with Crippen molar-refractivity contribution in [3.05, 3.63) is 41.5 Å². The van der Waals surface area contributed by atoms with E-state index in [0.29, 0.717) is 11.4 Å². The predicted octanol–water partition coefficient (Wildman–Crippen LogP) is 2.60. The van der Waals surface area contributed by atoms with Crippen LogP contribution in [0.5, 0.6) is 0 Å². The van der Waals surface area contributed by atoms with E-state index in [9.17, 15) is 4.79 Å². The van der Waals surface area contributed by atoms with Gasteiger partial charge in [0.05, 0.1) is 6.04 Å². The molecule has 118 valence electrons. The van der Waals surface area contributed by atoms with Crippen LogP contribution in [0.2, 0.25) is 0 Å². The van der Waals surface area contributed by atoms with Gasteiger partial charge >= 0.3 is 0 Å². The molecular weight excluding hydrogens is 278 g/mol. The second kappa shape index (κ2) is 6.17. The second-order valence-corrected chi connectivity index (χ2v) is 6.67. The fourth-order valence-corrected chi connectivity index (χ4v) is 2.38. The van der Waals surface area contributed by atoms with E-state index >= 15 is 0 Å². The van der Waals surface area contributed by atoms with Gasteiger partial charge in [0, 0.05) is 18.1 Å². The van der Waals surface area contributed by atoms with Gasteiger partial charge in [-0.25, -0.2) is 4.98 Å². The Bertz CT molecular complexity index is 642. The Balaban J connectivity index is 2.23. The Hall–Kier alpha value is -2.37. The Morgan fingerprint density at radius 3 is 2.68 bits per heavy atom. The summed E-state index contributed by atoms with van der Waals surface area (Å²) in [7, 11) is 0. The van der Waals surface area contributed by atoms with Crippen LogP contribution >= 0.6 is 0 Å². The first-order valence-electron chi connectivity index (χ1n) is 7.29. The number of aromatic amines is 1. The summed E-state index contributed by atoms with van der Waals surface area (Å²) in [5.74, 6) is 0.0138. The van der Waals surface area contributed by atoms with Crippen LogP contribution in [0.4, 0.5) is 5.95 Å². The molecule has 1 amide bonds. The molecule has 6 nitrogen and oxygen atoms in total. The van der Waals surface area contributed by atoms with Crippen LogP contribution < -0.4 is 11.1 Å². The number of carbonyl (C=O) groups is 1. The number of aromatic nitrogens is 3. The molecule has 4 N–H and O–H groups in total.